The second-order valence-electron chi connectivity index (χ2n) is 6.34. The van der Waals surface area contributed by atoms with Crippen molar-refractivity contribution in [3.8, 4) is 0 Å². The maximum Gasteiger partial charge on any atom is 0.254 e. The number of nitrogens with zero attached hydrogens (tertiary/aromatic N) is 1. The Morgan fingerprint density at radius 3 is 2.50 bits per heavy atom. The summed E-state index contributed by atoms with van der Waals surface area (Å²) in [5, 5.41) is 2.95. The number of benzene rings is 1. The highest BCUT2D eigenvalue weighted by Gasteiger charge is 2.33. The van der Waals surface area contributed by atoms with Crippen molar-refractivity contribution in [2.75, 3.05) is 20.6 Å². The van der Waals surface area contributed by atoms with Crippen molar-refractivity contribution in [3.05, 3.63) is 34.1 Å². The molecule has 122 valence electrons. The van der Waals surface area contributed by atoms with E-state index in [9.17, 15) is 9.18 Å². The summed E-state index contributed by atoms with van der Waals surface area (Å²) < 4.78 is 14.5. The van der Waals surface area contributed by atoms with E-state index in [1.54, 1.807) is 6.07 Å². The van der Waals surface area contributed by atoms with Gasteiger partial charge in [-0.2, -0.15) is 0 Å². The number of hydrogen-bond acceptors (Lipinski definition) is 2. The first-order valence-electron chi connectivity index (χ1n) is 7.85. The average Bonchev–Trinajstić information content (AvgIpc) is 2.74. The first-order chi connectivity index (χ1) is 10.4. The van der Waals surface area contributed by atoms with Crippen LogP contribution in [0.5, 0.6) is 0 Å². The second-order valence-corrected chi connectivity index (χ2v) is 7.26. The van der Waals surface area contributed by atoms with Gasteiger partial charge in [0.2, 0.25) is 0 Å². The highest BCUT2D eigenvalue weighted by molar-refractivity contribution is 9.10. The molecule has 0 bridgehead atoms. The smallest absolute Gasteiger partial charge is 0.254 e. The van der Waals surface area contributed by atoms with Gasteiger partial charge in [-0.15, -0.1) is 0 Å². The molecule has 1 aliphatic rings. The molecule has 0 spiro atoms. The molecule has 1 amide bonds. The van der Waals surface area contributed by atoms with Gasteiger partial charge in [0.15, 0.2) is 0 Å². The molecule has 1 fully saturated rings. The molecule has 5 heteroatoms. The number of halogens is 2. The van der Waals surface area contributed by atoms with E-state index in [1.807, 2.05) is 0 Å². The summed E-state index contributed by atoms with van der Waals surface area (Å²) >= 11 is 3.28. The van der Waals surface area contributed by atoms with Crippen LogP contribution >= 0.6 is 15.9 Å². The van der Waals surface area contributed by atoms with E-state index in [2.05, 4.69) is 40.2 Å². The molecule has 0 heterocycles. The van der Waals surface area contributed by atoms with Gasteiger partial charge in [0.1, 0.15) is 5.82 Å². The predicted octanol–water partition coefficient (Wildman–Crippen LogP) is 3.97. The van der Waals surface area contributed by atoms with Gasteiger partial charge in [0, 0.05) is 16.6 Å². The van der Waals surface area contributed by atoms with Crippen molar-refractivity contribution in [3.63, 3.8) is 0 Å². The Kier molecular flexibility index (Phi) is 5.98. The molecule has 22 heavy (non-hydrogen) atoms. The Bertz CT molecular complexity index is 525. The largest absolute Gasteiger partial charge is 0.350 e. The fourth-order valence-corrected chi connectivity index (χ4v) is 3.54. The summed E-state index contributed by atoms with van der Waals surface area (Å²) in [7, 11) is 4.13. The molecule has 1 aromatic carbocycles. The number of rotatable bonds is 4. The molecule has 0 atom stereocenters. The number of carbonyl (C=O) groups excluding carboxylic acids is 1. The van der Waals surface area contributed by atoms with Crippen LogP contribution in [0.2, 0.25) is 0 Å². The summed E-state index contributed by atoms with van der Waals surface area (Å²) in [6, 6.07) is 4.44. The zero-order chi connectivity index (χ0) is 16.2. The lowest BCUT2D eigenvalue weighted by Gasteiger charge is -2.39. The maximum absolute atomic E-state index is 13.8. The number of hydrogen-bond donors (Lipinski definition) is 1. The van der Waals surface area contributed by atoms with Crippen molar-refractivity contribution in [1.82, 2.24) is 10.2 Å². The molecule has 0 aromatic heterocycles. The van der Waals surface area contributed by atoms with Crippen LogP contribution in [-0.4, -0.2) is 37.0 Å². The topological polar surface area (TPSA) is 32.3 Å². The third-order valence-corrected chi connectivity index (χ3v) is 5.23. The Morgan fingerprint density at radius 2 is 1.91 bits per heavy atom. The second kappa shape index (κ2) is 7.55. The molecule has 1 aromatic rings. The van der Waals surface area contributed by atoms with Crippen molar-refractivity contribution >= 4 is 21.8 Å². The molecule has 3 nitrogen and oxygen atoms in total. The number of amides is 1. The van der Waals surface area contributed by atoms with E-state index >= 15 is 0 Å². The lowest BCUT2D eigenvalue weighted by atomic mass is 9.88. The van der Waals surface area contributed by atoms with Gasteiger partial charge in [0.25, 0.3) is 5.91 Å². The lowest BCUT2D eigenvalue weighted by Crippen LogP contribution is -2.52. The minimum atomic E-state index is -0.486. The predicted molar refractivity (Wildman–Crippen MR) is 90.6 cm³/mol. The lowest BCUT2D eigenvalue weighted by molar-refractivity contribution is 0.0865. The van der Waals surface area contributed by atoms with Crippen LogP contribution in [-0.2, 0) is 0 Å². The van der Waals surface area contributed by atoms with E-state index < -0.39 is 5.82 Å². The third-order valence-electron chi connectivity index (χ3n) is 4.73. The molecule has 0 unspecified atom stereocenters. The normalized spacial score (nSPS) is 18.0. The van der Waals surface area contributed by atoms with Gasteiger partial charge in [-0.3, -0.25) is 4.79 Å². The molecular weight excluding hydrogens is 347 g/mol. The molecular formula is C17H24BrFN2O. The number of likely N-dealkylation sites (N-methyl/N-ethyl adjacent to an activating group) is 1. The minimum Gasteiger partial charge on any atom is -0.350 e. The molecule has 0 radical (unpaired) electrons. The summed E-state index contributed by atoms with van der Waals surface area (Å²) in [6.07, 6.45) is 7.01. The first kappa shape index (κ1) is 17.4. The van der Waals surface area contributed by atoms with E-state index in [1.165, 1.54) is 37.8 Å². The van der Waals surface area contributed by atoms with Crippen LogP contribution in [0.4, 0.5) is 4.39 Å². The Morgan fingerprint density at radius 1 is 1.27 bits per heavy atom. The highest BCUT2D eigenvalue weighted by Crippen LogP contribution is 2.30. The van der Waals surface area contributed by atoms with Gasteiger partial charge in [-0.1, -0.05) is 41.6 Å². The number of carbonyl (C=O) groups is 1. The van der Waals surface area contributed by atoms with Crippen molar-refractivity contribution < 1.29 is 9.18 Å². The van der Waals surface area contributed by atoms with Crippen LogP contribution < -0.4 is 5.32 Å². The standard InChI is InChI=1S/C17H24BrFN2O/c1-21(2)17(9-5-3-4-6-10-17)12-20-16(22)14-11-13(18)7-8-15(14)19/h7-8,11H,3-6,9-10,12H2,1-2H3,(H,20,22). The highest BCUT2D eigenvalue weighted by atomic mass is 79.9. The van der Waals surface area contributed by atoms with Gasteiger partial charge >= 0.3 is 0 Å². The first-order valence-corrected chi connectivity index (χ1v) is 8.65. The SMILES string of the molecule is CN(C)C1(CNC(=O)c2cc(Br)ccc2F)CCCCCC1. The zero-order valence-electron chi connectivity index (χ0n) is 13.3. The van der Waals surface area contributed by atoms with Gasteiger partial charge < -0.3 is 10.2 Å². The summed E-state index contributed by atoms with van der Waals surface area (Å²) in [6.45, 7) is 0.560. The quantitative estimate of drug-likeness (QED) is 0.813. The van der Waals surface area contributed by atoms with Crippen molar-refractivity contribution in [2.45, 2.75) is 44.1 Å². The molecule has 2 rings (SSSR count). The summed E-state index contributed by atoms with van der Waals surface area (Å²) in [5.74, 6) is -0.829. The molecule has 1 N–H and O–H groups in total. The van der Waals surface area contributed by atoms with Crippen molar-refractivity contribution in [1.29, 1.82) is 0 Å². The van der Waals surface area contributed by atoms with Gasteiger partial charge in [0.05, 0.1) is 5.56 Å². The Labute approximate surface area is 140 Å². The van der Waals surface area contributed by atoms with E-state index in [-0.39, 0.29) is 17.0 Å². The zero-order valence-corrected chi connectivity index (χ0v) is 14.9. The van der Waals surface area contributed by atoms with Crippen LogP contribution in [0.15, 0.2) is 22.7 Å². The van der Waals surface area contributed by atoms with E-state index in [0.717, 1.165) is 12.8 Å². The fourth-order valence-electron chi connectivity index (χ4n) is 3.18. The van der Waals surface area contributed by atoms with Crippen LogP contribution in [0.3, 0.4) is 0 Å². The van der Waals surface area contributed by atoms with Gasteiger partial charge in [-0.05, 0) is 45.1 Å². The molecule has 0 saturated heterocycles. The maximum atomic E-state index is 13.8. The summed E-state index contributed by atoms with van der Waals surface area (Å²) in [5.41, 5.74) is 0.0752. The van der Waals surface area contributed by atoms with Crippen LogP contribution in [0, 0.1) is 5.82 Å². The van der Waals surface area contributed by atoms with Gasteiger partial charge in [-0.25, -0.2) is 4.39 Å². The van der Waals surface area contributed by atoms with E-state index in [4.69, 9.17) is 0 Å². The van der Waals surface area contributed by atoms with E-state index in [0.29, 0.717) is 11.0 Å². The van der Waals surface area contributed by atoms with Crippen LogP contribution in [0.25, 0.3) is 0 Å². The number of nitrogens with one attached hydrogen (secondary N) is 1. The van der Waals surface area contributed by atoms with Crippen molar-refractivity contribution in [2.24, 2.45) is 0 Å². The summed E-state index contributed by atoms with van der Waals surface area (Å²) in [4.78, 5) is 14.5. The molecule has 1 saturated carbocycles. The minimum absolute atomic E-state index is 0.0192. The Balaban J connectivity index is 2.08. The third kappa shape index (κ3) is 4.07. The van der Waals surface area contributed by atoms with Crippen LogP contribution in [0.1, 0.15) is 48.9 Å². The molecule has 1 aliphatic carbocycles. The molecule has 0 aliphatic heterocycles. The average molecular weight is 371 g/mol. The monoisotopic (exact) mass is 370 g/mol. The Hall–Kier alpha value is -0.940. The fraction of sp³-hybridized carbons (Fsp3) is 0.588.